The van der Waals surface area contributed by atoms with Gasteiger partial charge in [0.25, 0.3) is 0 Å². The van der Waals surface area contributed by atoms with Crippen molar-refractivity contribution in [2.45, 2.75) is 43.5 Å². The van der Waals surface area contributed by atoms with Crippen LogP contribution in [-0.4, -0.2) is 25.7 Å². The lowest BCUT2D eigenvalue weighted by Crippen LogP contribution is -2.31. The van der Waals surface area contributed by atoms with Gasteiger partial charge in [0, 0.05) is 36.5 Å². The van der Waals surface area contributed by atoms with Crippen molar-refractivity contribution in [3.05, 3.63) is 29.3 Å². The summed E-state index contributed by atoms with van der Waals surface area (Å²) < 4.78 is 5.82. The second kappa shape index (κ2) is 6.09. The van der Waals surface area contributed by atoms with Gasteiger partial charge >= 0.3 is 0 Å². The number of alkyl halides is 1. The lowest BCUT2D eigenvalue weighted by Gasteiger charge is -2.28. The zero-order valence-electron chi connectivity index (χ0n) is 12.6. The number of carbonyl (C=O) groups is 1. The van der Waals surface area contributed by atoms with Gasteiger partial charge in [0.2, 0.25) is 5.91 Å². The number of hydrogen-bond donors (Lipinski definition) is 0. The van der Waals surface area contributed by atoms with E-state index >= 15 is 0 Å². The van der Waals surface area contributed by atoms with Gasteiger partial charge < -0.3 is 9.64 Å². The molecule has 1 aromatic rings. The molecule has 0 bridgehead atoms. The normalized spacial score (nSPS) is 26.8. The molecule has 3 unspecified atom stereocenters. The molecule has 2 aliphatic heterocycles. The molecule has 0 spiro atoms. The van der Waals surface area contributed by atoms with E-state index in [0.717, 1.165) is 31.6 Å². The van der Waals surface area contributed by atoms with E-state index in [1.54, 1.807) is 4.90 Å². The van der Waals surface area contributed by atoms with Gasteiger partial charge in [-0.05, 0) is 36.5 Å². The number of anilines is 1. The highest BCUT2D eigenvalue weighted by Crippen LogP contribution is 2.42. The van der Waals surface area contributed by atoms with E-state index in [4.69, 9.17) is 4.74 Å². The number of rotatable bonds is 3. The summed E-state index contributed by atoms with van der Waals surface area (Å²) in [4.78, 5) is 13.9. The van der Waals surface area contributed by atoms with Crippen LogP contribution in [0.4, 0.5) is 5.69 Å². The van der Waals surface area contributed by atoms with Crippen LogP contribution in [0.5, 0.6) is 0 Å². The molecule has 0 N–H and O–H groups in total. The average Bonchev–Trinajstić information content (AvgIpc) is 2.98. The van der Waals surface area contributed by atoms with Crippen molar-refractivity contribution < 1.29 is 9.53 Å². The minimum Gasteiger partial charge on any atom is -0.378 e. The number of benzene rings is 1. The number of halogens is 1. The van der Waals surface area contributed by atoms with E-state index in [1.165, 1.54) is 11.1 Å². The molecule has 3 rings (SSSR count). The van der Waals surface area contributed by atoms with E-state index in [-0.39, 0.29) is 5.91 Å². The summed E-state index contributed by atoms with van der Waals surface area (Å²) in [5.41, 5.74) is 3.65. The number of hydrogen-bond acceptors (Lipinski definition) is 2. The Morgan fingerprint density at radius 2 is 2.24 bits per heavy atom. The molecule has 4 heteroatoms. The van der Waals surface area contributed by atoms with Gasteiger partial charge in [-0.15, -0.1) is 0 Å². The summed E-state index contributed by atoms with van der Waals surface area (Å²) in [6, 6.07) is 6.51. The Balaban J connectivity index is 1.85. The zero-order valence-corrected chi connectivity index (χ0v) is 14.2. The van der Waals surface area contributed by atoms with Crippen LogP contribution in [-0.2, 0) is 16.0 Å². The molecule has 21 heavy (non-hydrogen) atoms. The predicted molar refractivity (Wildman–Crippen MR) is 88.0 cm³/mol. The monoisotopic (exact) mass is 351 g/mol. The molecule has 0 aromatic heterocycles. The van der Waals surface area contributed by atoms with Crippen molar-refractivity contribution in [1.82, 2.24) is 0 Å². The predicted octanol–water partition coefficient (Wildman–Crippen LogP) is 3.85. The molecule has 1 aromatic carbocycles. The molecule has 3 nitrogen and oxygen atoms in total. The van der Waals surface area contributed by atoms with Gasteiger partial charge in [0.1, 0.15) is 0 Å². The van der Waals surface area contributed by atoms with Gasteiger partial charge in [-0.25, -0.2) is 0 Å². The third-order valence-electron chi connectivity index (χ3n) is 4.80. The standard InChI is InChI=1S/C17H22BrNO2/c1-3-15-13(8-9-21-15)17(18)12-4-6-14-11(10-12)5-7-16(20)19(14)2/h4,6,10,13,15,17H,3,5,7-9H2,1-2H3. The van der Waals surface area contributed by atoms with E-state index < -0.39 is 0 Å². The Labute approximate surface area is 134 Å². The largest absolute Gasteiger partial charge is 0.378 e. The van der Waals surface area contributed by atoms with Crippen molar-refractivity contribution in [3.63, 3.8) is 0 Å². The second-order valence-electron chi connectivity index (χ2n) is 6.01. The minimum atomic E-state index is 0.209. The van der Waals surface area contributed by atoms with Crippen LogP contribution < -0.4 is 4.90 Å². The number of fused-ring (bicyclic) bond motifs is 1. The maximum atomic E-state index is 11.8. The first-order valence-corrected chi connectivity index (χ1v) is 8.68. The highest BCUT2D eigenvalue weighted by molar-refractivity contribution is 9.09. The van der Waals surface area contributed by atoms with Gasteiger partial charge in [-0.2, -0.15) is 0 Å². The number of aryl methyl sites for hydroxylation is 1. The fraction of sp³-hybridized carbons (Fsp3) is 0.588. The lowest BCUT2D eigenvalue weighted by molar-refractivity contribution is -0.118. The Kier molecular flexibility index (Phi) is 4.36. The fourth-order valence-corrected chi connectivity index (χ4v) is 4.41. The molecule has 0 saturated carbocycles. The SMILES string of the molecule is CCC1OCCC1C(Br)c1ccc2c(c1)CCC(=O)N2C. The molecule has 114 valence electrons. The molecule has 2 aliphatic rings. The van der Waals surface area contributed by atoms with Crippen molar-refractivity contribution in [1.29, 1.82) is 0 Å². The van der Waals surface area contributed by atoms with Crippen LogP contribution in [0.25, 0.3) is 0 Å². The van der Waals surface area contributed by atoms with Crippen LogP contribution in [0, 0.1) is 5.92 Å². The smallest absolute Gasteiger partial charge is 0.227 e. The number of ether oxygens (including phenoxy) is 1. The number of nitrogens with zero attached hydrogens (tertiary/aromatic N) is 1. The summed E-state index contributed by atoms with van der Waals surface area (Å²) in [7, 11) is 1.86. The summed E-state index contributed by atoms with van der Waals surface area (Å²) in [5, 5.41) is 0. The quantitative estimate of drug-likeness (QED) is 0.774. The van der Waals surface area contributed by atoms with Gasteiger partial charge in [0.05, 0.1) is 6.10 Å². The highest BCUT2D eigenvalue weighted by atomic mass is 79.9. The van der Waals surface area contributed by atoms with Crippen molar-refractivity contribution in [2.75, 3.05) is 18.6 Å². The van der Waals surface area contributed by atoms with E-state index in [9.17, 15) is 4.79 Å². The highest BCUT2D eigenvalue weighted by Gasteiger charge is 2.33. The topological polar surface area (TPSA) is 29.5 Å². The van der Waals surface area contributed by atoms with Crippen LogP contribution >= 0.6 is 15.9 Å². The van der Waals surface area contributed by atoms with Crippen molar-refractivity contribution in [3.8, 4) is 0 Å². The van der Waals surface area contributed by atoms with E-state index in [1.807, 2.05) is 7.05 Å². The average molecular weight is 352 g/mol. The summed E-state index contributed by atoms with van der Waals surface area (Å²) >= 11 is 3.89. The number of amides is 1. The van der Waals surface area contributed by atoms with Gasteiger partial charge in [0.15, 0.2) is 0 Å². The maximum Gasteiger partial charge on any atom is 0.227 e. The van der Waals surface area contributed by atoms with Gasteiger partial charge in [-0.1, -0.05) is 35.0 Å². The number of carbonyl (C=O) groups excluding carboxylic acids is 1. The maximum absolute atomic E-state index is 11.8. The zero-order chi connectivity index (χ0) is 15.0. The molecule has 2 heterocycles. The summed E-state index contributed by atoms with van der Waals surface area (Å²) in [6.07, 6.45) is 4.00. The van der Waals surface area contributed by atoms with Crippen molar-refractivity contribution >= 4 is 27.5 Å². The molecule has 3 atom stereocenters. The molecule has 1 fully saturated rings. The molecule has 0 aliphatic carbocycles. The van der Waals surface area contributed by atoms with Crippen molar-refractivity contribution in [2.24, 2.45) is 5.92 Å². The van der Waals surface area contributed by atoms with Gasteiger partial charge in [-0.3, -0.25) is 4.79 Å². The first-order valence-electron chi connectivity index (χ1n) is 7.77. The van der Waals surface area contributed by atoms with E-state index in [2.05, 4.69) is 41.1 Å². The third-order valence-corrected chi connectivity index (χ3v) is 6.01. The minimum absolute atomic E-state index is 0.209. The Bertz CT molecular complexity index is 546. The molecule has 0 radical (unpaired) electrons. The summed E-state index contributed by atoms with van der Waals surface area (Å²) in [6.45, 7) is 3.06. The van der Waals surface area contributed by atoms with Crippen LogP contribution in [0.3, 0.4) is 0 Å². The molecule has 1 saturated heterocycles. The first-order chi connectivity index (χ1) is 10.1. The summed E-state index contributed by atoms with van der Waals surface area (Å²) in [5.74, 6) is 0.747. The molecular formula is C17H22BrNO2. The Morgan fingerprint density at radius 1 is 1.43 bits per heavy atom. The van der Waals surface area contributed by atoms with E-state index in [0.29, 0.717) is 23.3 Å². The lowest BCUT2D eigenvalue weighted by atomic mass is 9.89. The molecular weight excluding hydrogens is 330 g/mol. The van der Waals surface area contributed by atoms with Crippen LogP contribution in [0.15, 0.2) is 18.2 Å². The van der Waals surface area contributed by atoms with Crippen LogP contribution in [0.1, 0.15) is 42.1 Å². The van der Waals surface area contributed by atoms with Crippen LogP contribution in [0.2, 0.25) is 0 Å². The Hall–Kier alpha value is -0.870. The Morgan fingerprint density at radius 3 is 3.00 bits per heavy atom. The fourth-order valence-electron chi connectivity index (χ4n) is 3.52. The molecule has 1 amide bonds. The first kappa shape index (κ1) is 15.0. The third kappa shape index (κ3) is 2.76. The second-order valence-corrected chi connectivity index (χ2v) is 7.00.